The zero-order chi connectivity index (χ0) is 15.9. The topological polar surface area (TPSA) is 35.2 Å². The molecule has 1 fully saturated rings. The van der Waals surface area contributed by atoms with Crippen LogP contribution in [0, 0.1) is 0 Å². The van der Waals surface area contributed by atoms with Crippen LogP contribution in [0.2, 0.25) is 0 Å². The maximum atomic E-state index is 6.14. The Morgan fingerprint density at radius 2 is 1.40 bits per heavy atom. The van der Waals surface area contributed by atoms with Crippen molar-refractivity contribution >= 4 is 0 Å². The van der Waals surface area contributed by atoms with Gasteiger partial charge in [-0.25, -0.2) is 0 Å². The molecule has 1 saturated carbocycles. The molecule has 2 heteroatoms. The summed E-state index contributed by atoms with van der Waals surface area (Å²) < 4.78 is 6.14. The van der Waals surface area contributed by atoms with E-state index in [2.05, 4.69) is 48.5 Å². The fraction of sp³-hybridized carbons (Fsp3) is 0.478. The Morgan fingerprint density at radius 3 is 2.12 bits per heavy atom. The van der Waals surface area contributed by atoms with Gasteiger partial charge in [-0.3, -0.25) is 0 Å². The number of rotatable bonds is 4. The Bertz CT molecular complexity index is 579. The van der Waals surface area contributed by atoms with E-state index in [-0.39, 0.29) is 14.9 Å². The van der Waals surface area contributed by atoms with Gasteiger partial charge in [-0.15, -0.1) is 0 Å². The molecule has 2 atom stereocenters. The van der Waals surface area contributed by atoms with Gasteiger partial charge in [0.2, 0.25) is 0 Å². The molecular formula is C23H35NO. The lowest BCUT2D eigenvalue weighted by molar-refractivity contribution is 0.0224. The minimum atomic E-state index is 0. The average molecular weight is 342 g/mol. The third-order valence-corrected chi connectivity index (χ3v) is 4.76. The van der Waals surface area contributed by atoms with Gasteiger partial charge in [0.1, 0.15) is 0 Å². The van der Waals surface area contributed by atoms with Gasteiger partial charge in [-0.2, -0.15) is 0 Å². The summed E-state index contributed by atoms with van der Waals surface area (Å²) in [4.78, 5) is 0. The van der Waals surface area contributed by atoms with Crippen LogP contribution in [0.15, 0.2) is 54.6 Å². The summed E-state index contributed by atoms with van der Waals surface area (Å²) in [6, 6.07) is 19.6. The highest BCUT2D eigenvalue weighted by Crippen LogP contribution is 2.22. The lowest BCUT2D eigenvalue weighted by Gasteiger charge is -2.23. The van der Waals surface area contributed by atoms with Crippen molar-refractivity contribution in [2.75, 3.05) is 0 Å². The molecule has 0 saturated heterocycles. The molecule has 138 valence electrons. The van der Waals surface area contributed by atoms with Crippen molar-refractivity contribution in [1.29, 1.82) is 0 Å². The molecule has 1 aliphatic carbocycles. The van der Waals surface area contributed by atoms with Crippen LogP contribution in [0.3, 0.4) is 0 Å². The van der Waals surface area contributed by atoms with Crippen molar-refractivity contribution in [1.82, 2.24) is 0 Å². The quantitative estimate of drug-likeness (QED) is 0.719. The minimum Gasteiger partial charge on any atom is -0.374 e. The average Bonchev–Trinajstić information content (AvgIpc) is 2.59. The van der Waals surface area contributed by atoms with Gasteiger partial charge in [0.25, 0.3) is 0 Å². The molecule has 0 heterocycles. The molecule has 2 aromatic carbocycles. The Hall–Kier alpha value is -1.64. The van der Waals surface area contributed by atoms with Crippen molar-refractivity contribution in [2.24, 2.45) is 5.73 Å². The fourth-order valence-corrected chi connectivity index (χ4v) is 3.27. The van der Waals surface area contributed by atoms with Crippen LogP contribution in [0.5, 0.6) is 0 Å². The smallest absolute Gasteiger partial charge is 0.0720 e. The first-order valence-corrected chi connectivity index (χ1v) is 8.83. The predicted octanol–water partition coefficient (Wildman–Crippen LogP) is 6.19. The van der Waals surface area contributed by atoms with Crippen LogP contribution in [0.25, 0.3) is 11.1 Å². The van der Waals surface area contributed by atoms with Gasteiger partial charge in [0.15, 0.2) is 0 Å². The van der Waals surface area contributed by atoms with Gasteiger partial charge < -0.3 is 10.5 Å². The molecular weight excluding hydrogens is 306 g/mol. The van der Waals surface area contributed by atoms with Crippen molar-refractivity contribution in [2.45, 2.75) is 72.1 Å². The van der Waals surface area contributed by atoms with Crippen LogP contribution >= 0.6 is 0 Å². The number of ether oxygens (including phenoxy) is 1. The first-order valence-electron chi connectivity index (χ1n) is 8.83. The lowest BCUT2D eigenvalue weighted by atomic mass is 9.95. The van der Waals surface area contributed by atoms with Crippen molar-refractivity contribution in [3.8, 4) is 11.1 Å². The zero-order valence-corrected chi connectivity index (χ0v) is 13.8. The highest BCUT2D eigenvalue weighted by molar-refractivity contribution is 5.63. The van der Waals surface area contributed by atoms with Crippen molar-refractivity contribution in [3.63, 3.8) is 0 Å². The molecule has 2 nitrogen and oxygen atoms in total. The summed E-state index contributed by atoms with van der Waals surface area (Å²) in [6.07, 6.45) is 7.40. The van der Waals surface area contributed by atoms with E-state index in [1.165, 1.54) is 42.4 Å². The van der Waals surface area contributed by atoms with Gasteiger partial charge in [0.05, 0.1) is 12.7 Å². The molecule has 2 N–H and O–H groups in total. The second-order valence-corrected chi connectivity index (χ2v) is 6.62. The Kier molecular flexibility index (Phi) is 9.48. The maximum Gasteiger partial charge on any atom is 0.0720 e. The van der Waals surface area contributed by atoms with Crippen molar-refractivity contribution in [3.05, 3.63) is 60.2 Å². The van der Waals surface area contributed by atoms with E-state index in [0.29, 0.717) is 18.8 Å². The summed E-state index contributed by atoms with van der Waals surface area (Å²) in [5.74, 6) is 0. The van der Waals surface area contributed by atoms with E-state index in [1.54, 1.807) is 0 Å². The maximum absolute atomic E-state index is 6.14. The first-order chi connectivity index (χ1) is 11.3. The van der Waals surface area contributed by atoms with E-state index >= 15 is 0 Å². The molecule has 0 aliphatic heterocycles. The van der Waals surface area contributed by atoms with Gasteiger partial charge in [0, 0.05) is 6.04 Å². The fourth-order valence-electron chi connectivity index (χ4n) is 3.27. The summed E-state index contributed by atoms with van der Waals surface area (Å²) in [5.41, 5.74) is 9.85. The molecule has 2 aromatic rings. The Labute approximate surface area is 154 Å². The summed E-state index contributed by atoms with van der Waals surface area (Å²) in [6.45, 7) is 0.703. The number of hydrogen-bond acceptors (Lipinski definition) is 2. The largest absolute Gasteiger partial charge is 0.374 e. The van der Waals surface area contributed by atoms with Gasteiger partial charge in [-0.1, -0.05) is 82.3 Å². The van der Waals surface area contributed by atoms with E-state index in [0.717, 1.165) is 12.8 Å². The second kappa shape index (κ2) is 11.1. The standard InChI is InChI=1S/C21H27NO.2CH4/c22-20-8-4-5-9-21(15-14-20)23-16-17-10-12-19(13-11-17)18-6-2-1-3-7-18;;/h1-3,6-7,10-13,20-21H,4-5,8-9,14-16,22H2;2*1H4. The SMILES string of the molecule is C.C.NC1CCCCC(OCc2ccc(-c3ccccc3)cc2)CC1. The Morgan fingerprint density at radius 1 is 0.760 bits per heavy atom. The molecule has 0 amide bonds. The van der Waals surface area contributed by atoms with Gasteiger partial charge >= 0.3 is 0 Å². The normalized spacial score (nSPS) is 20.5. The summed E-state index contributed by atoms with van der Waals surface area (Å²) >= 11 is 0. The zero-order valence-electron chi connectivity index (χ0n) is 13.8. The number of benzene rings is 2. The monoisotopic (exact) mass is 341 g/mol. The Balaban J connectivity index is 0.00000156. The van der Waals surface area contributed by atoms with Crippen LogP contribution in [-0.2, 0) is 11.3 Å². The third-order valence-electron chi connectivity index (χ3n) is 4.76. The second-order valence-electron chi connectivity index (χ2n) is 6.62. The molecule has 0 aromatic heterocycles. The van der Waals surface area contributed by atoms with E-state index < -0.39 is 0 Å². The van der Waals surface area contributed by atoms with Crippen LogP contribution in [-0.4, -0.2) is 12.1 Å². The summed E-state index contributed by atoms with van der Waals surface area (Å²) in [5, 5.41) is 0. The highest BCUT2D eigenvalue weighted by atomic mass is 16.5. The van der Waals surface area contributed by atoms with Gasteiger partial charge in [-0.05, 0) is 42.4 Å². The van der Waals surface area contributed by atoms with E-state index in [9.17, 15) is 0 Å². The molecule has 0 radical (unpaired) electrons. The third kappa shape index (κ3) is 6.64. The predicted molar refractivity (Wildman–Crippen MR) is 110 cm³/mol. The summed E-state index contributed by atoms with van der Waals surface area (Å²) in [7, 11) is 0. The highest BCUT2D eigenvalue weighted by Gasteiger charge is 2.15. The first kappa shape index (κ1) is 21.4. The van der Waals surface area contributed by atoms with E-state index in [4.69, 9.17) is 10.5 Å². The molecule has 25 heavy (non-hydrogen) atoms. The molecule has 0 bridgehead atoms. The lowest BCUT2D eigenvalue weighted by Crippen LogP contribution is -2.25. The van der Waals surface area contributed by atoms with Crippen molar-refractivity contribution < 1.29 is 4.74 Å². The van der Waals surface area contributed by atoms with Crippen LogP contribution in [0.4, 0.5) is 0 Å². The van der Waals surface area contributed by atoms with Crippen LogP contribution < -0.4 is 5.73 Å². The molecule has 2 unspecified atom stereocenters. The number of hydrogen-bond donors (Lipinski definition) is 1. The van der Waals surface area contributed by atoms with Crippen LogP contribution in [0.1, 0.15) is 58.9 Å². The molecule has 3 rings (SSSR count). The van der Waals surface area contributed by atoms with E-state index in [1.807, 2.05) is 6.07 Å². The molecule has 0 spiro atoms. The molecule has 1 aliphatic rings. The minimum absolute atomic E-state index is 0. The number of nitrogens with two attached hydrogens (primary N) is 1.